The minimum Gasteiger partial charge on any atom is -0.550 e. The Morgan fingerprint density at radius 2 is 1.00 bits per heavy atom. The zero-order valence-corrected chi connectivity index (χ0v) is 29.2. The van der Waals surface area contributed by atoms with E-state index in [4.69, 9.17) is 5.73 Å². The minimum absolute atomic E-state index is 0. The van der Waals surface area contributed by atoms with Crippen LogP contribution in [0, 0.1) is 0 Å². The average Bonchev–Trinajstić information content (AvgIpc) is 2.81. The molecule has 0 aromatic carbocycles. The van der Waals surface area contributed by atoms with Crippen molar-refractivity contribution in [3.8, 4) is 0 Å². The maximum absolute atomic E-state index is 13.5. The summed E-state index contributed by atoms with van der Waals surface area (Å²) in [5.74, 6) is -55.0. The van der Waals surface area contributed by atoms with Gasteiger partial charge in [-0.25, -0.2) is 8.42 Å². The van der Waals surface area contributed by atoms with Crippen LogP contribution in [-0.2, 0) is 19.6 Å². The molecule has 0 saturated heterocycles. The molecule has 0 aromatic heterocycles. The van der Waals surface area contributed by atoms with Gasteiger partial charge in [0.1, 0.15) is 0 Å². The number of aliphatic carboxylic acids is 2. The Labute approximate surface area is 324 Å². The molecule has 0 amide bonds. The fourth-order valence-electron chi connectivity index (χ4n) is 2.12. The Bertz CT molecular complexity index is 1110. The van der Waals surface area contributed by atoms with Crippen molar-refractivity contribution in [3.63, 3.8) is 0 Å². The third-order valence-electron chi connectivity index (χ3n) is 4.64. The molecule has 0 fully saturated rings. The van der Waals surface area contributed by atoms with Crippen molar-refractivity contribution in [2.75, 3.05) is 6.54 Å². The van der Waals surface area contributed by atoms with Crippen LogP contribution in [0.2, 0.25) is 0 Å². The Morgan fingerprint density at radius 1 is 0.689 bits per heavy atom. The van der Waals surface area contributed by atoms with Crippen molar-refractivity contribution in [2.24, 2.45) is 5.73 Å². The van der Waals surface area contributed by atoms with Gasteiger partial charge >= 0.3 is 160 Å². The Kier molecular flexibility index (Phi) is 20.1. The third kappa shape index (κ3) is 9.96. The van der Waals surface area contributed by atoms with Gasteiger partial charge in [0.25, 0.3) is 0 Å². The molecule has 45 heavy (non-hydrogen) atoms. The smallest absolute Gasteiger partial charge is 0.550 e. The summed E-state index contributed by atoms with van der Waals surface area (Å²) in [6.07, 6.45) is -9.30. The van der Waals surface area contributed by atoms with Crippen molar-refractivity contribution >= 4 is 22.0 Å². The van der Waals surface area contributed by atoms with Crippen LogP contribution in [0.5, 0.6) is 0 Å². The van der Waals surface area contributed by atoms with Gasteiger partial charge in [-0.3, -0.25) is 0 Å². The molecule has 2 N–H and O–H groups in total. The minimum atomic E-state index is -8.94. The molecule has 0 saturated carbocycles. The van der Waals surface area contributed by atoms with Crippen LogP contribution in [0.4, 0.5) is 79.1 Å². The summed E-state index contributed by atoms with van der Waals surface area (Å²) in [4.78, 5) is 19.6. The molecule has 0 radical (unpaired) electrons. The van der Waals surface area contributed by atoms with Crippen LogP contribution in [-0.4, -0.2) is 84.4 Å². The molecule has 8 nitrogen and oxygen atoms in total. The van der Waals surface area contributed by atoms with Crippen LogP contribution < -0.4 is 119 Å². The van der Waals surface area contributed by atoms with E-state index in [2.05, 4.69) is 0 Å². The number of carbonyl (C=O) groups excluding carboxylic acids is 2. The molecule has 0 heterocycles. The predicted octanol–water partition coefficient (Wildman–Crippen LogP) is -3.52. The topological polar surface area (TPSA) is 144 Å². The monoisotopic (exact) mass is 782 g/mol. The van der Waals surface area contributed by atoms with Crippen molar-refractivity contribution in [1.29, 1.82) is 0 Å². The standard InChI is InChI=1S/C11H7F18NO2S.C5H9NO4.2K/c1-2-3-30(29)33(31,32)11(27,28)9(22,23)7(18,19)5(14,15)4(12,13)6(16,17)8(20,21)10(24,25)26;6-3(5(9)10)1-2-4(7)8;;/h2-3H2,1H3;3H,1-2,6H2,(H,7,8)(H,9,10);;/q;;2*+1/p-2. The van der Waals surface area contributed by atoms with Crippen molar-refractivity contribution in [2.45, 2.75) is 79.2 Å². The van der Waals surface area contributed by atoms with E-state index < -0.39 is 92.5 Å². The van der Waals surface area contributed by atoms with Gasteiger partial charge in [-0.05, 0) is 23.8 Å². The average molecular weight is 783 g/mol. The number of alkyl halides is 17. The normalized spacial score (nSPS) is 14.9. The van der Waals surface area contributed by atoms with Gasteiger partial charge in [-0.2, -0.15) is 74.6 Å². The molecule has 0 aliphatic heterocycles. The summed E-state index contributed by atoms with van der Waals surface area (Å²) in [7, 11) is -7.82. The number of hydrogen-bond acceptors (Lipinski definition) is 7. The summed E-state index contributed by atoms with van der Waals surface area (Å²) in [5.41, 5.74) is 4.91. The third-order valence-corrected chi connectivity index (χ3v) is 6.25. The molecule has 0 aliphatic rings. The second-order valence-corrected chi connectivity index (χ2v) is 9.67. The molecule has 29 heteroatoms. The fraction of sp³-hybridized carbons (Fsp3) is 0.875. The SMILES string of the molecule is CCCN(F)S(=O)(=O)C(F)(F)C(F)(F)C(F)(F)C(F)(F)C(F)(F)C(F)(F)C(F)(F)C(F)(F)F.NC(CCC(=O)[O-])C(=O)[O-].[K+].[K+]. The van der Waals surface area contributed by atoms with Crippen LogP contribution in [0.25, 0.3) is 0 Å². The number of nitrogens with zero attached hydrogens (tertiary/aromatic N) is 1. The van der Waals surface area contributed by atoms with Gasteiger partial charge in [0, 0.05) is 18.6 Å². The molecule has 1 atom stereocenters. The Morgan fingerprint density at radius 3 is 1.27 bits per heavy atom. The van der Waals surface area contributed by atoms with Gasteiger partial charge in [0.2, 0.25) is 0 Å². The number of halogens is 18. The van der Waals surface area contributed by atoms with Gasteiger partial charge in [0.05, 0.1) is 5.97 Å². The molecule has 258 valence electrons. The van der Waals surface area contributed by atoms with E-state index in [0.29, 0.717) is 0 Å². The van der Waals surface area contributed by atoms with Crippen LogP contribution in [0.1, 0.15) is 26.2 Å². The van der Waals surface area contributed by atoms with Crippen LogP contribution >= 0.6 is 0 Å². The molecule has 0 aromatic rings. The van der Waals surface area contributed by atoms with E-state index in [1.807, 2.05) is 0 Å². The summed E-state index contributed by atoms with van der Waals surface area (Å²) in [6, 6.07) is -1.21. The molecule has 0 aliphatic carbocycles. The second-order valence-electron chi connectivity index (χ2n) is 7.81. The van der Waals surface area contributed by atoms with Crippen molar-refractivity contribution in [3.05, 3.63) is 0 Å². The van der Waals surface area contributed by atoms with Gasteiger partial charge < -0.3 is 25.5 Å². The van der Waals surface area contributed by atoms with E-state index in [9.17, 15) is 107 Å². The van der Waals surface area contributed by atoms with E-state index in [1.54, 1.807) is 0 Å². The number of nitrogens with two attached hydrogens (primary N) is 1. The predicted molar refractivity (Wildman–Crippen MR) is 94.9 cm³/mol. The van der Waals surface area contributed by atoms with Gasteiger partial charge in [-0.1, -0.05) is 6.92 Å². The second kappa shape index (κ2) is 17.2. The first-order chi connectivity index (χ1) is 18.5. The first kappa shape index (κ1) is 52.6. The number of hydrogen-bond donors (Lipinski definition) is 1. The Balaban J connectivity index is -0.000000599. The maximum atomic E-state index is 13.5. The molecule has 0 rings (SSSR count). The molecular formula is C16H14F18K2N2O6S. The number of carboxylic acid groups (broad SMARTS) is 2. The number of rotatable bonds is 14. The number of sulfonamides is 1. The van der Waals surface area contributed by atoms with E-state index in [1.165, 1.54) is 0 Å². The summed E-state index contributed by atoms with van der Waals surface area (Å²) < 4.78 is 254. The maximum Gasteiger partial charge on any atom is 1.00 e. The van der Waals surface area contributed by atoms with E-state index in [-0.39, 0.29) is 116 Å². The first-order valence-electron chi connectivity index (χ1n) is 10.1. The van der Waals surface area contributed by atoms with E-state index in [0.717, 1.165) is 6.92 Å². The van der Waals surface area contributed by atoms with Gasteiger partial charge in [-0.15, -0.1) is 4.48 Å². The zero-order chi connectivity index (χ0) is 35.6. The largest absolute Gasteiger partial charge is 1.00 e. The summed E-state index contributed by atoms with van der Waals surface area (Å²) in [6.45, 7) is -1.12. The molecule has 0 bridgehead atoms. The summed E-state index contributed by atoms with van der Waals surface area (Å²) in [5, 5.41) is 11.7. The van der Waals surface area contributed by atoms with Crippen molar-refractivity contribution in [1.82, 2.24) is 4.53 Å². The first-order valence-corrected chi connectivity index (χ1v) is 11.5. The van der Waals surface area contributed by atoms with Crippen LogP contribution in [0.3, 0.4) is 0 Å². The fourth-order valence-corrected chi connectivity index (χ4v) is 3.25. The van der Waals surface area contributed by atoms with Crippen LogP contribution in [0.15, 0.2) is 0 Å². The quantitative estimate of drug-likeness (QED) is 0.110. The summed E-state index contributed by atoms with van der Waals surface area (Å²) >= 11 is 0. The van der Waals surface area contributed by atoms with Gasteiger partial charge in [0.15, 0.2) is 0 Å². The van der Waals surface area contributed by atoms with Crippen molar-refractivity contribution < 1.29 is 210 Å². The number of carbonyl (C=O) groups is 2. The number of carboxylic acids is 2. The zero-order valence-electron chi connectivity index (χ0n) is 22.1. The Hall–Kier alpha value is 0.823. The molecule has 0 spiro atoms. The van der Waals surface area contributed by atoms with E-state index >= 15 is 0 Å². The molecule has 1 unspecified atom stereocenters. The molecular weight excluding hydrogens is 768 g/mol.